The van der Waals surface area contributed by atoms with Crippen LogP contribution in [0.4, 0.5) is 4.39 Å². The number of hydrogen-bond donors (Lipinski definition) is 0. The molecular weight excluding hydrogens is 179 g/mol. The Labute approximate surface area is 82.9 Å². The van der Waals surface area contributed by atoms with Gasteiger partial charge in [0.05, 0.1) is 6.42 Å². The van der Waals surface area contributed by atoms with Gasteiger partial charge in [-0.25, -0.2) is 4.39 Å². The highest BCUT2D eigenvalue weighted by molar-refractivity contribution is 5.97. The van der Waals surface area contributed by atoms with E-state index in [-0.39, 0.29) is 18.0 Å². The normalized spacial score (nSPS) is 9.07. The van der Waals surface area contributed by atoms with Crippen molar-refractivity contribution in [1.29, 1.82) is 0 Å². The maximum absolute atomic E-state index is 13.1. The average Bonchev–Trinajstić information content (AvgIpc) is 2.18. The lowest BCUT2D eigenvalue weighted by Crippen LogP contribution is -1.98. The first-order valence-electron chi connectivity index (χ1n) is 4.34. The Kier molecular flexibility index (Phi) is 3.41. The van der Waals surface area contributed by atoms with Crippen LogP contribution in [0.5, 0.6) is 0 Å². The van der Waals surface area contributed by atoms with E-state index >= 15 is 0 Å². The molecule has 0 saturated heterocycles. The highest BCUT2D eigenvalue weighted by Gasteiger charge is 2.06. The monoisotopic (exact) mass is 190 g/mol. The molecule has 0 radical (unpaired) electrons. The topological polar surface area (TPSA) is 17.1 Å². The van der Waals surface area contributed by atoms with E-state index in [4.69, 9.17) is 0 Å². The summed E-state index contributed by atoms with van der Waals surface area (Å²) in [7, 11) is 0. The van der Waals surface area contributed by atoms with Gasteiger partial charge >= 0.3 is 0 Å². The fourth-order valence-electron chi connectivity index (χ4n) is 1.04. The minimum absolute atomic E-state index is 0.141. The number of halogens is 1. The molecule has 0 bridgehead atoms. The van der Waals surface area contributed by atoms with Gasteiger partial charge in [0.15, 0.2) is 5.78 Å². The molecule has 0 amide bonds. The van der Waals surface area contributed by atoms with Crippen LogP contribution in [-0.2, 0) is 0 Å². The van der Waals surface area contributed by atoms with Crippen molar-refractivity contribution in [3.05, 3.63) is 35.1 Å². The summed E-state index contributed by atoms with van der Waals surface area (Å²) in [5, 5.41) is 0. The van der Waals surface area contributed by atoms with Crippen molar-refractivity contribution in [2.75, 3.05) is 0 Å². The first-order valence-corrected chi connectivity index (χ1v) is 4.34. The largest absolute Gasteiger partial charge is 0.293 e. The van der Waals surface area contributed by atoms with E-state index in [2.05, 4.69) is 11.8 Å². The maximum atomic E-state index is 13.1. The number of hydrogen-bond acceptors (Lipinski definition) is 1. The highest BCUT2D eigenvalue weighted by Crippen LogP contribution is 2.10. The van der Waals surface area contributed by atoms with E-state index in [1.165, 1.54) is 6.07 Å². The molecule has 0 N–H and O–H groups in total. The van der Waals surface area contributed by atoms with E-state index in [9.17, 15) is 9.18 Å². The van der Waals surface area contributed by atoms with Crippen LogP contribution in [0.3, 0.4) is 0 Å². The molecule has 1 rings (SSSR count). The molecule has 0 unspecified atom stereocenters. The van der Waals surface area contributed by atoms with Crippen LogP contribution in [0, 0.1) is 24.6 Å². The zero-order valence-electron chi connectivity index (χ0n) is 8.23. The van der Waals surface area contributed by atoms with Crippen molar-refractivity contribution in [3.8, 4) is 11.8 Å². The fraction of sp³-hybridized carbons (Fsp3) is 0.250. The molecule has 0 aliphatic carbocycles. The van der Waals surface area contributed by atoms with Crippen LogP contribution < -0.4 is 0 Å². The van der Waals surface area contributed by atoms with Crippen molar-refractivity contribution >= 4 is 5.78 Å². The first-order chi connectivity index (χ1) is 6.65. The molecule has 0 spiro atoms. The third kappa shape index (κ3) is 2.43. The Hall–Kier alpha value is -1.62. The number of benzene rings is 1. The molecule has 0 aromatic heterocycles. The molecule has 72 valence electrons. The third-order valence-electron chi connectivity index (χ3n) is 1.92. The highest BCUT2D eigenvalue weighted by atomic mass is 19.1. The minimum atomic E-state index is -0.347. The number of carbonyl (C=O) groups excluding carboxylic acids is 1. The first kappa shape index (κ1) is 10.5. The quantitative estimate of drug-likeness (QED) is 0.517. The molecule has 2 heteroatoms. The van der Waals surface area contributed by atoms with Crippen molar-refractivity contribution in [2.45, 2.75) is 20.3 Å². The summed E-state index contributed by atoms with van der Waals surface area (Å²) in [6.45, 7) is 3.33. The Morgan fingerprint density at radius 1 is 1.50 bits per heavy atom. The van der Waals surface area contributed by atoms with Crippen molar-refractivity contribution in [3.63, 3.8) is 0 Å². The fourth-order valence-corrected chi connectivity index (χ4v) is 1.04. The van der Waals surface area contributed by atoms with Gasteiger partial charge in [0.1, 0.15) is 5.82 Å². The smallest absolute Gasteiger partial charge is 0.174 e. The maximum Gasteiger partial charge on any atom is 0.174 e. The van der Waals surface area contributed by atoms with Gasteiger partial charge in [0, 0.05) is 5.56 Å². The summed E-state index contributed by atoms with van der Waals surface area (Å²) in [5.41, 5.74) is 0.930. The summed E-state index contributed by atoms with van der Waals surface area (Å²) < 4.78 is 13.1. The Morgan fingerprint density at radius 3 is 2.79 bits per heavy atom. The van der Waals surface area contributed by atoms with E-state index in [0.717, 1.165) is 0 Å². The number of carbonyl (C=O) groups is 1. The Morgan fingerprint density at radius 2 is 2.21 bits per heavy atom. The van der Waals surface area contributed by atoms with Crippen molar-refractivity contribution in [2.24, 2.45) is 0 Å². The van der Waals surface area contributed by atoms with Crippen LogP contribution in [0.1, 0.15) is 29.3 Å². The van der Waals surface area contributed by atoms with Gasteiger partial charge < -0.3 is 0 Å². The molecule has 0 saturated carbocycles. The number of Topliss-reactive ketones (excluding diaryl/α,β-unsaturated/α-hetero) is 1. The van der Waals surface area contributed by atoms with Gasteiger partial charge in [-0.1, -0.05) is 18.1 Å². The van der Waals surface area contributed by atoms with Crippen molar-refractivity contribution in [1.82, 2.24) is 0 Å². The molecule has 1 nitrogen and oxygen atoms in total. The van der Waals surface area contributed by atoms with Crippen LogP contribution >= 0.6 is 0 Å². The zero-order valence-corrected chi connectivity index (χ0v) is 8.23. The lowest BCUT2D eigenvalue weighted by Gasteiger charge is -1.99. The third-order valence-corrected chi connectivity index (χ3v) is 1.92. The minimum Gasteiger partial charge on any atom is -0.293 e. The van der Waals surface area contributed by atoms with Crippen LogP contribution in [-0.4, -0.2) is 5.78 Å². The van der Waals surface area contributed by atoms with Crippen LogP contribution in [0.25, 0.3) is 0 Å². The second-order valence-electron chi connectivity index (χ2n) is 2.99. The molecule has 1 aromatic rings. The molecule has 0 fully saturated rings. The van der Waals surface area contributed by atoms with E-state index < -0.39 is 0 Å². The van der Waals surface area contributed by atoms with E-state index in [0.29, 0.717) is 11.1 Å². The number of rotatable bonds is 2. The van der Waals surface area contributed by atoms with Crippen LogP contribution in [0.2, 0.25) is 0 Å². The van der Waals surface area contributed by atoms with E-state index in [1.807, 2.05) is 0 Å². The molecule has 0 aliphatic rings. The van der Waals surface area contributed by atoms with Gasteiger partial charge in [-0.15, -0.1) is 5.92 Å². The summed E-state index contributed by atoms with van der Waals surface area (Å²) in [6, 6.07) is 4.48. The van der Waals surface area contributed by atoms with Gasteiger partial charge in [-0.2, -0.15) is 0 Å². The van der Waals surface area contributed by atoms with Gasteiger partial charge in [-0.05, 0) is 25.5 Å². The number of ketones is 1. The molecule has 0 atom stereocenters. The van der Waals surface area contributed by atoms with Gasteiger partial charge in [0.2, 0.25) is 0 Å². The molecule has 1 aromatic carbocycles. The predicted molar refractivity (Wildman–Crippen MR) is 53.5 cm³/mol. The van der Waals surface area contributed by atoms with Gasteiger partial charge in [0.25, 0.3) is 0 Å². The van der Waals surface area contributed by atoms with Crippen molar-refractivity contribution < 1.29 is 9.18 Å². The Balaban J connectivity index is 2.89. The summed E-state index contributed by atoms with van der Waals surface area (Å²) in [6.07, 6.45) is 0.152. The summed E-state index contributed by atoms with van der Waals surface area (Å²) >= 11 is 0. The van der Waals surface area contributed by atoms with Gasteiger partial charge in [-0.3, -0.25) is 4.79 Å². The SMILES string of the molecule is CC#CCC(=O)c1ccc(C)c(F)c1. The summed E-state index contributed by atoms with van der Waals surface area (Å²) in [5.74, 6) is 4.80. The zero-order chi connectivity index (χ0) is 10.6. The molecule has 0 aliphatic heterocycles. The lowest BCUT2D eigenvalue weighted by atomic mass is 10.1. The molecular formula is C12H11FO. The van der Waals surface area contributed by atoms with E-state index in [1.54, 1.807) is 26.0 Å². The Bertz CT molecular complexity index is 410. The average molecular weight is 190 g/mol. The lowest BCUT2D eigenvalue weighted by molar-refractivity contribution is 0.0997. The number of aryl methyl sites for hydroxylation is 1. The second-order valence-corrected chi connectivity index (χ2v) is 2.99. The molecule has 0 heterocycles. The predicted octanol–water partition coefficient (Wildman–Crippen LogP) is 2.73. The van der Waals surface area contributed by atoms with Crippen LogP contribution in [0.15, 0.2) is 18.2 Å². The molecule has 14 heavy (non-hydrogen) atoms. The summed E-state index contributed by atoms with van der Waals surface area (Å²) in [4.78, 5) is 11.4. The second kappa shape index (κ2) is 4.57. The standard InChI is InChI=1S/C12H11FO/c1-3-4-5-12(14)10-7-6-9(2)11(13)8-10/h6-8H,5H2,1-2H3.